The van der Waals surface area contributed by atoms with Gasteiger partial charge in [0.05, 0.1) is 24.2 Å². The molecule has 3 nitrogen and oxygen atoms in total. The van der Waals surface area contributed by atoms with Crippen molar-refractivity contribution in [2.75, 3.05) is 12.0 Å². The van der Waals surface area contributed by atoms with Crippen LogP contribution >= 0.6 is 23.2 Å². The Hall–Kier alpha value is -2.23. The van der Waals surface area contributed by atoms with Crippen LogP contribution in [0.1, 0.15) is 12.8 Å². The second-order valence-electron chi connectivity index (χ2n) is 6.63. The molecule has 1 fully saturated rings. The third kappa shape index (κ3) is 3.90. The predicted octanol–water partition coefficient (Wildman–Crippen LogP) is 6.06. The van der Waals surface area contributed by atoms with E-state index in [0.29, 0.717) is 6.42 Å². The smallest absolute Gasteiger partial charge is 0.119 e. The molecule has 138 valence electrons. The van der Waals surface area contributed by atoms with E-state index >= 15 is 0 Å². The zero-order chi connectivity index (χ0) is 18.8. The van der Waals surface area contributed by atoms with Crippen LogP contribution < -0.4 is 9.64 Å². The van der Waals surface area contributed by atoms with E-state index < -0.39 is 0 Å². The van der Waals surface area contributed by atoms with Crippen LogP contribution in [0.25, 0.3) is 0 Å². The van der Waals surface area contributed by atoms with Gasteiger partial charge >= 0.3 is 0 Å². The monoisotopic (exact) mass is 398 g/mol. The Morgan fingerprint density at radius 1 is 1.04 bits per heavy atom. The molecule has 0 saturated carbocycles. The van der Waals surface area contributed by atoms with Gasteiger partial charge in [-0.25, -0.2) is 4.99 Å². The number of allylic oxidation sites excluding steroid dienone is 2. The van der Waals surface area contributed by atoms with E-state index in [1.54, 1.807) is 7.11 Å². The Labute approximate surface area is 169 Å². The van der Waals surface area contributed by atoms with Crippen molar-refractivity contribution in [2.24, 2.45) is 4.99 Å². The first kappa shape index (κ1) is 18.1. The number of rotatable bonds is 4. The predicted molar refractivity (Wildman–Crippen MR) is 114 cm³/mol. The first-order valence-corrected chi connectivity index (χ1v) is 9.73. The average molecular weight is 399 g/mol. The molecule has 1 aliphatic heterocycles. The molecule has 0 N–H and O–H groups in total. The minimum absolute atomic E-state index is 0.0645. The van der Waals surface area contributed by atoms with E-state index in [-0.39, 0.29) is 11.4 Å². The van der Waals surface area contributed by atoms with Crippen LogP contribution in [0.2, 0.25) is 0 Å². The van der Waals surface area contributed by atoms with E-state index in [1.807, 2.05) is 48.5 Å². The Balaban J connectivity index is 1.69. The molecule has 0 bridgehead atoms. The summed E-state index contributed by atoms with van der Waals surface area (Å²) in [7, 11) is 1.67. The molecule has 1 aliphatic carbocycles. The fourth-order valence-electron chi connectivity index (χ4n) is 3.47. The third-order valence-corrected chi connectivity index (χ3v) is 5.35. The molecule has 2 unspecified atom stereocenters. The van der Waals surface area contributed by atoms with E-state index in [1.165, 1.54) is 0 Å². The summed E-state index contributed by atoms with van der Waals surface area (Å²) in [4.78, 5) is 7.09. The number of halogens is 2. The number of alkyl halides is 1. The molecule has 1 heterocycles. The van der Waals surface area contributed by atoms with Gasteiger partial charge in [0.15, 0.2) is 0 Å². The highest BCUT2D eigenvalue weighted by Crippen LogP contribution is 2.38. The number of ether oxygens (including phenoxy) is 1. The summed E-state index contributed by atoms with van der Waals surface area (Å²) in [6.45, 7) is 0. The van der Waals surface area contributed by atoms with Crippen LogP contribution in [0.15, 0.2) is 82.3 Å². The van der Waals surface area contributed by atoms with E-state index in [9.17, 15) is 0 Å². The molecule has 2 aromatic carbocycles. The maximum atomic E-state index is 6.36. The Bertz CT molecular complexity index is 904. The first-order chi connectivity index (χ1) is 13.1. The van der Waals surface area contributed by atoms with Crippen LogP contribution in [0.5, 0.6) is 5.75 Å². The van der Waals surface area contributed by atoms with Gasteiger partial charge in [-0.3, -0.25) is 0 Å². The Morgan fingerprint density at radius 3 is 2.44 bits per heavy atom. The van der Waals surface area contributed by atoms with Crippen molar-refractivity contribution in [1.29, 1.82) is 0 Å². The van der Waals surface area contributed by atoms with Crippen LogP contribution in [0, 0.1) is 0 Å². The van der Waals surface area contributed by atoms with Gasteiger partial charge in [0.25, 0.3) is 0 Å². The van der Waals surface area contributed by atoms with Gasteiger partial charge in [0.2, 0.25) is 0 Å². The molecule has 1 saturated heterocycles. The lowest BCUT2D eigenvalue weighted by Gasteiger charge is -2.45. The summed E-state index contributed by atoms with van der Waals surface area (Å²) in [6, 6.07) is 18.2. The van der Waals surface area contributed by atoms with Gasteiger partial charge in [0, 0.05) is 23.6 Å². The quantitative estimate of drug-likeness (QED) is 0.584. The number of para-hydroxylation sites is 1. The summed E-state index contributed by atoms with van der Waals surface area (Å²) in [5, 5.41) is 0.737. The lowest BCUT2D eigenvalue weighted by Crippen LogP contribution is -2.54. The third-order valence-electron chi connectivity index (χ3n) is 4.80. The Kier molecular flexibility index (Phi) is 5.24. The van der Waals surface area contributed by atoms with Crippen LogP contribution in [0.4, 0.5) is 11.4 Å². The minimum Gasteiger partial charge on any atom is -0.497 e. The van der Waals surface area contributed by atoms with E-state index in [4.69, 9.17) is 32.9 Å². The van der Waals surface area contributed by atoms with Gasteiger partial charge in [-0.2, -0.15) is 0 Å². The zero-order valence-electron chi connectivity index (χ0n) is 15.0. The number of anilines is 1. The summed E-state index contributed by atoms with van der Waals surface area (Å²) >= 11 is 12.7. The number of methoxy groups -OCH3 is 1. The van der Waals surface area contributed by atoms with Crippen molar-refractivity contribution in [1.82, 2.24) is 0 Å². The molecule has 27 heavy (non-hydrogen) atoms. The molecule has 0 spiro atoms. The molecule has 2 aromatic rings. The summed E-state index contributed by atoms with van der Waals surface area (Å²) < 4.78 is 5.29. The molecule has 0 aromatic heterocycles. The summed E-state index contributed by atoms with van der Waals surface area (Å²) in [5.74, 6) is 1.86. The topological polar surface area (TPSA) is 24.8 Å². The maximum absolute atomic E-state index is 6.36. The van der Waals surface area contributed by atoms with Gasteiger partial charge in [0.1, 0.15) is 11.6 Å². The van der Waals surface area contributed by atoms with Crippen molar-refractivity contribution in [3.63, 3.8) is 0 Å². The number of hydrogen-bond donors (Lipinski definition) is 0. The van der Waals surface area contributed by atoms with Crippen LogP contribution in [0.3, 0.4) is 0 Å². The van der Waals surface area contributed by atoms with Crippen molar-refractivity contribution in [3.8, 4) is 5.75 Å². The lowest BCUT2D eigenvalue weighted by molar-refractivity contribution is 0.415. The van der Waals surface area contributed by atoms with Gasteiger partial charge in [-0.15, -0.1) is 11.6 Å². The van der Waals surface area contributed by atoms with Crippen molar-refractivity contribution >= 4 is 40.4 Å². The first-order valence-electron chi connectivity index (χ1n) is 8.92. The molecular weight excluding hydrogens is 379 g/mol. The molecule has 4 rings (SSSR count). The van der Waals surface area contributed by atoms with Crippen LogP contribution in [-0.4, -0.2) is 24.4 Å². The zero-order valence-corrected chi connectivity index (χ0v) is 16.5. The average Bonchev–Trinajstić information content (AvgIpc) is 2.65. The van der Waals surface area contributed by atoms with Gasteiger partial charge in [-0.05, 0) is 48.0 Å². The van der Waals surface area contributed by atoms with Gasteiger partial charge in [-0.1, -0.05) is 35.9 Å². The molecule has 5 heteroatoms. The number of nitrogens with zero attached hydrogens (tertiary/aromatic N) is 2. The fourth-order valence-corrected chi connectivity index (χ4v) is 4.15. The molecule has 2 aliphatic rings. The van der Waals surface area contributed by atoms with Gasteiger partial charge < -0.3 is 9.64 Å². The second kappa shape index (κ2) is 7.79. The standard InChI is InChI=1S/C22H20Cl2N2O/c1-27-20-9-7-19(8-10-20)26-21(15-11-16(23)13-17(24)12-15)14-22(26)25-18-5-3-2-4-6-18/h2-12,16,21H,13-14H2,1H3. The number of hydrogen-bond acceptors (Lipinski definition) is 2. The summed E-state index contributed by atoms with van der Waals surface area (Å²) in [6.07, 6.45) is 5.68. The molecule has 0 amide bonds. The molecule has 2 atom stereocenters. The number of amidine groups is 1. The lowest BCUT2D eigenvalue weighted by atomic mass is 9.88. The number of benzene rings is 2. The highest BCUT2D eigenvalue weighted by molar-refractivity contribution is 6.31. The van der Waals surface area contributed by atoms with E-state index in [0.717, 1.165) is 40.0 Å². The largest absolute Gasteiger partial charge is 0.497 e. The highest BCUT2D eigenvalue weighted by atomic mass is 35.5. The normalized spacial score (nSPS) is 23.5. The Morgan fingerprint density at radius 2 is 1.78 bits per heavy atom. The van der Waals surface area contributed by atoms with Crippen molar-refractivity contribution < 1.29 is 4.74 Å². The summed E-state index contributed by atoms with van der Waals surface area (Å²) in [5.41, 5.74) is 3.17. The van der Waals surface area contributed by atoms with Crippen LogP contribution in [-0.2, 0) is 0 Å². The van der Waals surface area contributed by atoms with E-state index in [2.05, 4.69) is 23.1 Å². The highest BCUT2D eigenvalue weighted by Gasteiger charge is 2.38. The minimum atomic E-state index is -0.0645. The number of aliphatic imine (C=N–C) groups is 1. The fraction of sp³-hybridized carbons (Fsp3) is 0.227. The second-order valence-corrected chi connectivity index (χ2v) is 7.68. The maximum Gasteiger partial charge on any atom is 0.119 e. The van der Waals surface area contributed by atoms with Crippen molar-refractivity contribution in [2.45, 2.75) is 24.3 Å². The molecular formula is C22H20Cl2N2O. The SMILES string of the molecule is COc1ccc(N2C(=Nc3ccccc3)CC2C2=CC(Cl)CC(Cl)=C2)cc1. The van der Waals surface area contributed by atoms with Crippen molar-refractivity contribution in [3.05, 3.63) is 77.4 Å². The molecule has 0 radical (unpaired) electrons.